The molecule has 0 radical (unpaired) electrons. The van der Waals surface area contributed by atoms with E-state index in [0.717, 1.165) is 66.6 Å². The number of furan rings is 1. The van der Waals surface area contributed by atoms with Gasteiger partial charge >= 0.3 is 0 Å². The lowest BCUT2D eigenvalue weighted by Gasteiger charge is -2.29. The normalized spacial score (nSPS) is 15.5. The van der Waals surface area contributed by atoms with E-state index in [-0.39, 0.29) is 5.92 Å². The largest absolute Gasteiger partial charge is 0.464 e. The van der Waals surface area contributed by atoms with E-state index in [1.807, 2.05) is 42.7 Å². The van der Waals surface area contributed by atoms with E-state index in [2.05, 4.69) is 20.1 Å². The lowest BCUT2D eigenvalue weighted by atomic mass is 9.98. The molecule has 30 heavy (non-hydrogen) atoms. The number of carbonyl (C=O) groups excluding carboxylic acids is 1. The Kier molecular flexibility index (Phi) is 5.03. The number of nitrogens with zero attached hydrogens (tertiary/aromatic N) is 3. The van der Waals surface area contributed by atoms with Crippen molar-refractivity contribution in [3.8, 4) is 22.9 Å². The molecule has 1 aliphatic heterocycles. The van der Waals surface area contributed by atoms with Gasteiger partial charge in [0, 0.05) is 53.5 Å². The Morgan fingerprint density at radius 3 is 2.83 bits per heavy atom. The van der Waals surface area contributed by atoms with Gasteiger partial charge in [-0.05, 0) is 50.2 Å². The van der Waals surface area contributed by atoms with Crippen molar-refractivity contribution in [1.82, 2.24) is 20.1 Å². The summed E-state index contributed by atoms with van der Waals surface area (Å²) >= 11 is 0. The topological polar surface area (TPSA) is 84.3 Å². The Bertz CT molecular complexity index is 1130. The van der Waals surface area contributed by atoms with Crippen molar-refractivity contribution in [1.29, 1.82) is 0 Å². The Labute approximate surface area is 173 Å². The van der Waals surface area contributed by atoms with Crippen LogP contribution in [0, 0.1) is 5.92 Å². The number of H-pyrrole nitrogens is 1. The van der Waals surface area contributed by atoms with Crippen LogP contribution in [0.1, 0.15) is 18.4 Å². The number of aromatic nitrogens is 3. The maximum Gasteiger partial charge on any atom is 0.219 e. The minimum absolute atomic E-state index is 0.212. The summed E-state index contributed by atoms with van der Waals surface area (Å²) in [5, 5.41) is 7.95. The van der Waals surface area contributed by atoms with Crippen LogP contribution in [-0.2, 0) is 11.3 Å². The summed E-state index contributed by atoms with van der Waals surface area (Å²) in [5.74, 6) is 1.41. The van der Waals surface area contributed by atoms with Gasteiger partial charge in [-0.2, -0.15) is 5.10 Å². The SMILES string of the molecule is O=CC1CCN(Cc2coc3cc(Oc4ccc(-c5ccn[nH]5)cn4)ccc23)CC1. The highest BCUT2D eigenvalue weighted by atomic mass is 16.5. The summed E-state index contributed by atoms with van der Waals surface area (Å²) in [6, 6.07) is 11.5. The van der Waals surface area contributed by atoms with Crippen molar-refractivity contribution >= 4 is 17.3 Å². The van der Waals surface area contributed by atoms with Crippen LogP contribution in [0.2, 0.25) is 0 Å². The molecule has 0 atom stereocenters. The summed E-state index contributed by atoms with van der Waals surface area (Å²) in [4.78, 5) is 17.7. The molecular formula is C23H22N4O3. The zero-order chi connectivity index (χ0) is 20.3. The van der Waals surface area contributed by atoms with Crippen molar-refractivity contribution in [3.05, 3.63) is 60.6 Å². The molecule has 0 spiro atoms. The molecule has 0 bridgehead atoms. The molecule has 7 nitrogen and oxygen atoms in total. The third-order valence-electron chi connectivity index (χ3n) is 5.62. The molecule has 4 aromatic rings. The van der Waals surface area contributed by atoms with Gasteiger partial charge in [-0.15, -0.1) is 0 Å². The summed E-state index contributed by atoms with van der Waals surface area (Å²) in [6.07, 6.45) is 8.23. The van der Waals surface area contributed by atoms with Gasteiger partial charge in [-0.25, -0.2) is 4.98 Å². The van der Waals surface area contributed by atoms with Crippen molar-refractivity contribution < 1.29 is 13.9 Å². The molecule has 0 saturated carbocycles. The molecular weight excluding hydrogens is 380 g/mol. The number of ether oxygens (including phenoxy) is 1. The first-order valence-electron chi connectivity index (χ1n) is 10.1. The number of fused-ring (bicyclic) bond motifs is 1. The number of aldehydes is 1. The van der Waals surface area contributed by atoms with Crippen LogP contribution in [-0.4, -0.2) is 39.5 Å². The Morgan fingerprint density at radius 1 is 1.20 bits per heavy atom. The third-order valence-corrected chi connectivity index (χ3v) is 5.62. The number of pyridine rings is 1. The van der Waals surface area contributed by atoms with Crippen LogP contribution >= 0.6 is 0 Å². The smallest absolute Gasteiger partial charge is 0.219 e. The molecule has 152 valence electrons. The quantitative estimate of drug-likeness (QED) is 0.481. The molecule has 4 heterocycles. The third kappa shape index (κ3) is 3.84. The van der Waals surface area contributed by atoms with Gasteiger partial charge in [0.05, 0.1) is 12.0 Å². The van der Waals surface area contributed by atoms with Gasteiger partial charge in [0.1, 0.15) is 17.6 Å². The summed E-state index contributed by atoms with van der Waals surface area (Å²) in [6.45, 7) is 2.71. The van der Waals surface area contributed by atoms with Gasteiger partial charge < -0.3 is 13.9 Å². The molecule has 3 aromatic heterocycles. The zero-order valence-corrected chi connectivity index (χ0v) is 16.5. The lowest BCUT2D eigenvalue weighted by Crippen LogP contribution is -2.33. The van der Waals surface area contributed by atoms with Crippen LogP contribution in [0.15, 0.2) is 59.5 Å². The molecule has 0 aliphatic carbocycles. The molecule has 5 rings (SSSR count). The van der Waals surface area contributed by atoms with Crippen LogP contribution in [0.3, 0.4) is 0 Å². The molecule has 0 amide bonds. The Balaban J connectivity index is 1.27. The summed E-state index contributed by atoms with van der Waals surface area (Å²) in [5.41, 5.74) is 3.81. The van der Waals surface area contributed by atoms with Gasteiger partial charge in [0.25, 0.3) is 0 Å². The average Bonchev–Trinajstić information content (AvgIpc) is 3.45. The number of hydrogen-bond acceptors (Lipinski definition) is 6. The molecule has 7 heteroatoms. The first-order valence-corrected chi connectivity index (χ1v) is 10.1. The highest BCUT2D eigenvalue weighted by Crippen LogP contribution is 2.30. The van der Waals surface area contributed by atoms with Crippen LogP contribution in [0.5, 0.6) is 11.6 Å². The monoisotopic (exact) mass is 402 g/mol. The van der Waals surface area contributed by atoms with E-state index in [9.17, 15) is 4.79 Å². The Hall–Kier alpha value is -3.45. The number of benzene rings is 1. The number of nitrogens with one attached hydrogen (secondary N) is 1. The molecule has 1 saturated heterocycles. The first-order chi connectivity index (χ1) is 14.8. The second kappa shape index (κ2) is 8.12. The second-order valence-electron chi connectivity index (χ2n) is 7.63. The highest BCUT2D eigenvalue weighted by molar-refractivity contribution is 5.82. The van der Waals surface area contributed by atoms with E-state index >= 15 is 0 Å². The van der Waals surface area contributed by atoms with Crippen molar-refractivity contribution in [3.63, 3.8) is 0 Å². The maximum atomic E-state index is 10.9. The van der Waals surface area contributed by atoms with Crippen molar-refractivity contribution in [2.45, 2.75) is 19.4 Å². The predicted octanol–water partition coefficient (Wildman–Crippen LogP) is 4.42. The number of carbonyl (C=O) groups is 1. The minimum Gasteiger partial charge on any atom is -0.464 e. The summed E-state index contributed by atoms with van der Waals surface area (Å²) in [7, 11) is 0. The number of likely N-dealkylation sites (tertiary alicyclic amines) is 1. The van der Waals surface area contributed by atoms with E-state index < -0.39 is 0 Å². The fourth-order valence-electron chi connectivity index (χ4n) is 3.87. The van der Waals surface area contributed by atoms with Gasteiger partial charge in [-0.1, -0.05) is 0 Å². The second-order valence-corrected chi connectivity index (χ2v) is 7.63. The number of aromatic amines is 1. The van der Waals surface area contributed by atoms with Gasteiger partial charge in [-0.3, -0.25) is 10.00 Å². The van der Waals surface area contributed by atoms with E-state index in [4.69, 9.17) is 9.15 Å². The first kappa shape index (κ1) is 18.6. The Morgan fingerprint density at radius 2 is 2.10 bits per heavy atom. The summed E-state index contributed by atoms with van der Waals surface area (Å²) < 4.78 is 11.7. The number of piperidine rings is 1. The van der Waals surface area contributed by atoms with E-state index in [0.29, 0.717) is 11.6 Å². The van der Waals surface area contributed by atoms with Crippen LogP contribution in [0.25, 0.3) is 22.2 Å². The maximum absolute atomic E-state index is 10.9. The molecule has 1 fully saturated rings. The molecule has 0 unspecified atom stereocenters. The molecule has 1 N–H and O–H groups in total. The van der Waals surface area contributed by atoms with Crippen LogP contribution in [0.4, 0.5) is 0 Å². The lowest BCUT2D eigenvalue weighted by molar-refractivity contribution is -0.112. The van der Waals surface area contributed by atoms with Gasteiger partial charge in [0.15, 0.2) is 0 Å². The minimum atomic E-state index is 0.212. The fourth-order valence-corrected chi connectivity index (χ4v) is 3.87. The standard InChI is InChI=1S/C23H22N4O3/c28-14-16-6-9-27(10-7-16)13-18-15-29-22-11-19(2-3-20(18)22)30-23-4-1-17(12-24-23)21-5-8-25-26-21/h1-5,8,11-12,14-16H,6-7,9-10,13H2,(H,25,26). The zero-order valence-electron chi connectivity index (χ0n) is 16.5. The number of rotatable bonds is 6. The number of hydrogen-bond donors (Lipinski definition) is 1. The van der Waals surface area contributed by atoms with Crippen molar-refractivity contribution in [2.24, 2.45) is 5.92 Å². The van der Waals surface area contributed by atoms with Crippen LogP contribution < -0.4 is 4.74 Å². The fraction of sp³-hybridized carbons (Fsp3) is 0.261. The predicted molar refractivity (Wildman–Crippen MR) is 112 cm³/mol. The van der Waals surface area contributed by atoms with Crippen molar-refractivity contribution in [2.75, 3.05) is 13.1 Å². The van der Waals surface area contributed by atoms with Gasteiger partial charge in [0.2, 0.25) is 5.88 Å². The average molecular weight is 402 g/mol. The van der Waals surface area contributed by atoms with E-state index in [1.165, 1.54) is 0 Å². The highest BCUT2D eigenvalue weighted by Gasteiger charge is 2.20. The molecule has 1 aromatic carbocycles. The van der Waals surface area contributed by atoms with E-state index in [1.54, 1.807) is 12.4 Å². The molecule has 1 aliphatic rings.